The van der Waals surface area contributed by atoms with Gasteiger partial charge in [0.05, 0.1) is 19.2 Å². The van der Waals surface area contributed by atoms with E-state index in [9.17, 15) is 4.79 Å². The Morgan fingerprint density at radius 3 is 1.76 bits per heavy atom. The summed E-state index contributed by atoms with van der Waals surface area (Å²) >= 11 is 6.38. The van der Waals surface area contributed by atoms with Gasteiger partial charge in [-0.1, -0.05) is 35.9 Å². The van der Waals surface area contributed by atoms with Crippen LogP contribution in [-0.2, 0) is 13.2 Å². The maximum atomic E-state index is 11.3. The monoisotopic (exact) mass is 412 g/mol. The van der Waals surface area contributed by atoms with Crippen LogP contribution >= 0.6 is 11.6 Å². The van der Waals surface area contributed by atoms with Crippen molar-refractivity contribution in [3.8, 4) is 23.0 Å². The number of hydrogen-bond donors (Lipinski definition) is 0. The smallest absolute Gasteiger partial charge is 0.180 e. The third-order valence-electron chi connectivity index (χ3n) is 4.31. The summed E-state index contributed by atoms with van der Waals surface area (Å²) in [5, 5.41) is 0.223. The van der Waals surface area contributed by atoms with Crippen LogP contribution in [0, 0.1) is 0 Å². The molecule has 0 aliphatic rings. The minimum absolute atomic E-state index is 0.223. The number of carbonyl (C=O) groups is 1. The summed E-state index contributed by atoms with van der Waals surface area (Å²) in [5.41, 5.74) is 2.23. The van der Waals surface area contributed by atoms with E-state index in [-0.39, 0.29) is 11.6 Å². The third-order valence-corrected chi connectivity index (χ3v) is 4.70. The number of carbonyl (C=O) groups excluding carboxylic acids is 1. The summed E-state index contributed by atoms with van der Waals surface area (Å²) in [6.45, 7) is 0.588. The molecule has 3 aromatic carbocycles. The Morgan fingerprint density at radius 2 is 1.28 bits per heavy atom. The van der Waals surface area contributed by atoms with Gasteiger partial charge in [0.25, 0.3) is 0 Å². The van der Waals surface area contributed by atoms with Crippen LogP contribution in [0.2, 0.25) is 5.02 Å². The lowest BCUT2D eigenvalue weighted by Crippen LogP contribution is -2.02. The average Bonchev–Trinajstić information content (AvgIpc) is 2.77. The zero-order valence-corrected chi connectivity index (χ0v) is 16.9. The van der Waals surface area contributed by atoms with Crippen molar-refractivity contribution in [2.45, 2.75) is 13.2 Å². The van der Waals surface area contributed by atoms with E-state index in [2.05, 4.69) is 0 Å². The van der Waals surface area contributed by atoms with Gasteiger partial charge in [-0.25, -0.2) is 0 Å². The minimum atomic E-state index is 0.223. The van der Waals surface area contributed by atoms with Gasteiger partial charge in [-0.15, -0.1) is 0 Å². The molecule has 0 atom stereocenters. The molecule has 0 aliphatic heterocycles. The molecule has 150 valence electrons. The summed E-state index contributed by atoms with van der Waals surface area (Å²) in [6, 6.07) is 18.3. The molecule has 29 heavy (non-hydrogen) atoms. The molecule has 6 heteroatoms. The number of ether oxygens (including phenoxy) is 4. The van der Waals surface area contributed by atoms with Crippen molar-refractivity contribution in [3.63, 3.8) is 0 Å². The molecule has 5 nitrogen and oxygen atoms in total. The van der Waals surface area contributed by atoms with Crippen molar-refractivity contribution in [1.29, 1.82) is 0 Å². The second kappa shape index (κ2) is 9.85. The fourth-order valence-electron chi connectivity index (χ4n) is 2.65. The standard InChI is InChI=1S/C23H21ClO5/c1-26-19-8-3-16(4-9-19)14-28-21-12-7-18(13-25)22(24)23(21)29-15-17-5-10-20(27-2)11-6-17/h3-13H,14-15H2,1-2H3. The Labute approximate surface area is 174 Å². The Hall–Kier alpha value is -3.18. The Morgan fingerprint density at radius 1 is 0.759 bits per heavy atom. The van der Waals surface area contributed by atoms with Gasteiger partial charge in [0.1, 0.15) is 24.7 Å². The lowest BCUT2D eigenvalue weighted by atomic mass is 10.2. The molecule has 0 fully saturated rings. The highest BCUT2D eigenvalue weighted by Gasteiger charge is 2.15. The number of rotatable bonds is 9. The first kappa shape index (κ1) is 20.6. The molecule has 0 saturated heterocycles. The van der Waals surface area contributed by atoms with E-state index in [0.717, 1.165) is 22.6 Å². The normalized spacial score (nSPS) is 10.3. The van der Waals surface area contributed by atoms with E-state index in [1.807, 2.05) is 48.5 Å². The van der Waals surface area contributed by atoms with Gasteiger partial charge >= 0.3 is 0 Å². The van der Waals surface area contributed by atoms with Crippen LogP contribution in [0.3, 0.4) is 0 Å². The van der Waals surface area contributed by atoms with Crippen molar-refractivity contribution >= 4 is 17.9 Å². The van der Waals surface area contributed by atoms with Crippen LogP contribution < -0.4 is 18.9 Å². The molecule has 0 spiro atoms. The Bertz CT molecular complexity index is 952. The van der Waals surface area contributed by atoms with Crippen LogP contribution in [-0.4, -0.2) is 20.5 Å². The summed E-state index contributed by atoms with van der Waals surface area (Å²) in [4.78, 5) is 11.3. The molecule has 0 aliphatic carbocycles. The van der Waals surface area contributed by atoms with E-state index in [4.69, 9.17) is 30.5 Å². The van der Waals surface area contributed by atoms with Crippen molar-refractivity contribution in [3.05, 3.63) is 82.4 Å². The van der Waals surface area contributed by atoms with Crippen molar-refractivity contribution in [2.24, 2.45) is 0 Å². The van der Waals surface area contributed by atoms with Crippen molar-refractivity contribution in [2.75, 3.05) is 14.2 Å². The molecular formula is C23H21ClO5. The first-order valence-corrected chi connectivity index (χ1v) is 9.31. The van der Waals surface area contributed by atoms with Gasteiger partial charge in [-0.05, 0) is 47.5 Å². The van der Waals surface area contributed by atoms with E-state index >= 15 is 0 Å². The molecule has 0 saturated carbocycles. The Kier molecular flexibility index (Phi) is 6.98. The molecule has 0 N–H and O–H groups in total. The maximum absolute atomic E-state index is 11.3. The van der Waals surface area contributed by atoms with Crippen molar-refractivity contribution in [1.82, 2.24) is 0 Å². The molecule has 0 radical (unpaired) electrons. The van der Waals surface area contributed by atoms with Crippen molar-refractivity contribution < 1.29 is 23.7 Å². The third kappa shape index (κ3) is 5.21. The number of halogens is 1. The molecular weight excluding hydrogens is 392 g/mol. The highest BCUT2D eigenvalue weighted by molar-refractivity contribution is 6.34. The lowest BCUT2D eigenvalue weighted by molar-refractivity contribution is 0.112. The molecule has 3 aromatic rings. The van der Waals surface area contributed by atoms with Crippen LogP contribution in [0.15, 0.2) is 60.7 Å². The quantitative estimate of drug-likeness (QED) is 0.445. The predicted octanol–water partition coefficient (Wildman–Crippen LogP) is 5.33. The largest absolute Gasteiger partial charge is 0.497 e. The second-order valence-corrected chi connectivity index (χ2v) is 6.57. The highest BCUT2D eigenvalue weighted by atomic mass is 35.5. The van der Waals surface area contributed by atoms with Gasteiger partial charge < -0.3 is 18.9 Å². The molecule has 0 heterocycles. The van der Waals surface area contributed by atoms with Gasteiger partial charge in [0, 0.05) is 5.56 Å². The van der Waals surface area contributed by atoms with E-state index in [1.165, 1.54) is 0 Å². The van der Waals surface area contributed by atoms with E-state index in [0.29, 0.717) is 30.0 Å². The maximum Gasteiger partial charge on any atom is 0.180 e. The predicted molar refractivity (Wildman–Crippen MR) is 111 cm³/mol. The molecule has 0 aromatic heterocycles. The number of hydrogen-bond acceptors (Lipinski definition) is 5. The van der Waals surface area contributed by atoms with Crippen LogP contribution in [0.25, 0.3) is 0 Å². The molecule has 0 amide bonds. The SMILES string of the molecule is COc1ccc(COc2ccc(C=O)c(Cl)c2OCc2ccc(OC)cc2)cc1. The van der Waals surface area contributed by atoms with Crippen LogP contribution in [0.4, 0.5) is 0 Å². The zero-order valence-electron chi connectivity index (χ0n) is 16.2. The first-order chi connectivity index (χ1) is 14.1. The molecule has 0 bridgehead atoms. The first-order valence-electron chi connectivity index (χ1n) is 8.93. The molecule has 3 rings (SSSR count). The molecule has 0 unspecified atom stereocenters. The summed E-state index contributed by atoms with van der Waals surface area (Å²) in [6.07, 6.45) is 0.690. The van der Waals surface area contributed by atoms with E-state index in [1.54, 1.807) is 26.4 Å². The summed E-state index contributed by atoms with van der Waals surface area (Å²) in [5.74, 6) is 2.33. The van der Waals surface area contributed by atoms with Crippen LogP contribution in [0.1, 0.15) is 21.5 Å². The minimum Gasteiger partial charge on any atom is -0.497 e. The lowest BCUT2D eigenvalue weighted by Gasteiger charge is -2.15. The fourth-order valence-corrected chi connectivity index (χ4v) is 2.91. The fraction of sp³-hybridized carbons (Fsp3) is 0.174. The van der Waals surface area contributed by atoms with E-state index < -0.39 is 0 Å². The van der Waals surface area contributed by atoms with Gasteiger partial charge in [0.15, 0.2) is 17.8 Å². The highest BCUT2D eigenvalue weighted by Crippen LogP contribution is 2.38. The number of aldehydes is 1. The average molecular weight is 413 g/mol. The van der Waals surface area contributed by atoms with Gasteiger partial charge in [0.2, 0.25) is 0 Å². The second-order valence-electron chi connectivity index (χ2n) is 6.19. The Balaban J connectivity index is 1.76. The summed E-state index contributed by atoms with van der Waals surface area (Å²) < 4.78 is 22.2. The van der Waals surface area contributed by atoms with Gasteiger partial charge in [-0.2, -0.15) is 0 Å². The van der Waals surface area contributed by atoms with Crippen LogP contribution in [0.5, 0.6) is 23.0 Å². The zero-order chi connectivity index (χ0) is 20.6. The van der Waals surface area contributed by atoms with Gasteiger partial charge in [-0.3, -0.25) is 4.79 Å². The summed E-state index contributed by atoms with van der Waals surface area (Å²) in [7, 11) is 3.23. The number of benzene rings is 3. The topological polar surface area (TPSA) is 54.0 Å². The number of methoxy groups -OCH3 is 2.